The van der Waals surface area contributed by atoms with Gasteiger partial charge in [-0.25, -0.2) is 0 Å². The van der Waals surface area contributed by atoms with E-state index < -0.39 is 0 Å². The van der Waals surface area contributed by atoms with Crippen LogP contribution in [0.2, 0.25) is 0 Å². The van der Waals surface area contributed by atoms with Gasteiger partial charge in [-0.15, -0.1) is 0 Å². The molecular formula is C14H20N2O2. The molecule has 1 saturated heterocycles. The first kappa shape index (κ1) is 12.9. The van der Waals surface area contributed by atoms with Crippen LogP contribution in [0.3, 0.4) is 0 Å². The molecule has 1 aliphatic heterocycles. The second kappa shape index (κ2) is 4.59. The van der Waals surface area contributed by atoms with Gasteiger partial charge in [-0.05, 0) is 26.2 Å². The number of likely N-dealkylation sites (tertiary alicyclic amines) is 1. The van der Waals surface area contributed by atoms with Gasteiger partial charge in [0.05, 0.1) is 5.92 Å². The van der Waals surface area contributed by atoms with Crippen molar-refractivity contribution in [3.8, 4) is 0 Å². The number of hydrogen-bond acceptors (Lipinski definition) is 3. The molecule has 2 N–H and O–H groups in total. The molecule has 2 rings (SSSR count). The summed E-state index contributed by atoms with van der Waals surface area (Å²) in [7, 11) is 0. The molecule has 0 aromatic carbocycles. The summed E-state index contributed by atoms with van der Waals surface area (Å²) in [4.78, 5) is 25.1. The maximum Gasteiger partial charge on any atom is 0.224 e. The van der Waals surface area contributed by atoms with Crippen molar-refractivity contribution in [1.29, 1.82) is 0 Å². The Hall–Kier alpha value is -1.58. The molecule has 0 radical (unpaired) electrons. The quantitative estimate of drug-likeness (QED) is 0.764. The smallest absolute Gasteiger partial charge is 0.224 e. The number of ketones is 1. The average Bonchev–Trinajstić information content (AvgIpc) is 2.20. The minimum absolute atomic E-state index is 0.0643. The molecule has 4 heteroatoms. The highest BCUT2D eigenvalue weighted by molar-refractivity contribution is 5.96. The van der Waals surface area contributed by atoms with Crippen LogP contribution in [0, 0.1) is 11.8 Å². The third-order valence-corrected chi connectivity index (χ3v) is 4.09. The highest BCUT2D eigenvalue weighted by atomic mass is 16.1. The second-order valence-corrected chi connectivity index (χ2v) is 5.45. The van der Waals surface area contributed by atoms with E-state index in [1.807, 2.05) is 13.8 Å². The fourth-order valence-electron chi connectivity index (χ4n) is 2.59. The van der Waals surface area contributed by atoms with Crippen molar-refractivity contribution in [1.82, 2.24) is 4.90 Å². The molecule has 2 aliphatic rings. The fraction of sp³-hybridized carbons (Fsp3) is 0.571. The molecule has 0 aromatic heterocycles. The van der Waals surface area contributed by atoms with Crippen LogP contribution in [-0.4, -0.2) is 29.7 Å². The summed E-state index contributed by atoms with van der Waals surface area (Å²) in [5.74, 6) is 0.129. The summed E-state index contributed by atoms with van der Waals surface area (Å²) < 4.78 is 0. The first-order valence-corrected chi connectivity index (χ1v) is 6.32. The van der Waals surface area contributed by atoms with E-state index in [1.54, 1.807) is 0 Å². The number of hydrogen-bond donors (Lipinski definition) is 1. The standard InChI is InChI=1S/C14H20N2O2/c1-8(2)10-4-12(9(3)13(17)5-10)16-6-11(7-16)14(15)18/h10-11H,1,4-7H2,2-3H3,(H2,15,18). The molecule has 1 unspecified atom stereocenters. The normalized spacial score (nSPS) is 25.1. The first-order chi connectivity index (χ1) is 8.40. The van der Waals surface area contributed by atoms with Crippen molar-refractivity contribution in [2.75, 3.05) is 13.1 Å². The SMILES string of the molecule is C=C(C)C1CC(=O)C(C)=C(N2CC(C(N)=O)C2)C1. The van der Waals surface area contributed by atoms with Crippen LogP contribution in [-0.2, 0) is 9.59 Å². The number of nitrogens with zero attached hydrogens (tertiary/aromatic N) is 1. The molecule has 18 heavy (non-hydrogen) atoms. The fourth-order valence-corrected chi connectivity index (χ4v) is 2.59. The van der Waals surface area contributed by atoms with Crippen molar-refractivity contribution in [2.45, 2.75) is 26.7 Å². The molecule has 1 heterocycles. The third kappa shape index (κ3) is 2.19. The highest BCUT2D eigenvalue weighted by Gasteiger charge is 2.36. The molecule has 4 nitrogen and oxygen atoms in total. The lowest BCUT2D eigenvalue weighted by molar-refractivity contribution is -0.126. The van der Waals surface area contributed by atoms with E-state index in [2.05, 4.69) is 11.5 Å². The molecule has 0 spiro atoms. The number of Topliss-reactive ketones (excluding diaryl/α,β-unsaturated/α-hetero) is 1. The summed E-state index contributed by atoms with van der Waals surface area (Å²) in [6.07, 6.45) is 1.43. The Balaban J connectivity index is 2.11. The summed E-state index contributed by atoms with van der Waals surface area (Å²) in [6.45, 7) is 9.10. The van der Waals surface area contributed by atoms with Gasteiger partial charge in [-0.1, -0.05) is 12.2 Å². The van der Waals surface area contributed by atoms with Crippen molar-refractivity contribution >= 4 is 11.7 Å². The van der Waals surface area contributed by atoms with Crippen LogP contribution in [0.15, 0.2) is 23.4 Å². The van der Waals surface area contributed by atoms with Crippen LogP contribution in [0.1, 0.15) is 26.7 Å². The van der Waals surface area contributed by atoms with E-state index in [0.717, 1.165) is 23.3 Å². The van der Waals surface area contributed by atoms with Crippen molar-refractivity contribution in [3.63, 3.8) is 0 Å². The Morgan fingerprint density at radius 3 is 2.44 bits per heavy atom. The highest BCUT2D eigenvalue weighted by Crippen LogP contribution is 2.35. The molecule has 1 atom stereocenters. The number of primary amides is 1. The molecule has 1 aliphatic carbocycles. The Kier molecular flexibility index (Phi) is 3.28. The van der Waals surface area contributed by atoms with E-state index in [9.17, 15) is 9.59 Å². The van der Waals surface area contributed by atoms with Crippen molar-refractivity contribution < 1.29 is 9.59 Å². The van der Waals surface area contributed by atoms with E-state index in [4.69, 9.17) is 5.73 Å². The van der Waals surface area contributed by atoms with Gasteiger partial charge in [0, 0.05) is 30.8 Å². The largest absolute Gasteiger partial charge is 0.373 e. The summed E-state index contributed by atoms with van der Waals surface area (Å²) in [5, 5.41) is 0. The number of carbonyl (C=O) groups is 2. The Bertz CT molecular complexity index is 445. The van der Waals surface area contributed by atoms with E-state index in [-0.39, 0.29) is 23.5 Å². The maximum absolute atomic E-state index is 12.0. The van der Waals surface area contributed by atoms with Gasteiger partial charge in [0.25, 0.3) is 0 Å². The number of nitrogens with two attached hydrogens (primary N) is 1. The first-order valence-electron chi connectivity index (χ1n) is 6.32. The third-order valence-electron chi connectivity index (χ3n) is 4.09. The molecule has 98 valence electrons. The second-order valence-electron chi connectivity index (χ2n) is 5.45. The summed E-state index contributed by atoms with van der Waals surface area (Å²) >= 11 is 0. The van der Waals surface area contributed by atoms with Gasteiger partial charge in [0.15, 0.2) is 5.78 Å². The monoisotopic (exact) mass is 248 g/mol. The van der Waals surface area contributed by atoms with Crippen LogP contribution in [0.25, 0.3) is 0 Å². The number of allylic oxidation sites excluding steroid dienone is 3. The van der Waals surface area contributed by atoms with Crippen molar-refractivity contribution in [3.05, 3.63) is 23.4 Å². The van der Waals surface area contributed by atoms with Crippen LogP contribution < -0.4 is 5.73 Å². The van der Waals surface area contributed by atoms with Gasteiger partial charge in [-0.3, -0.25) is 9.59 Å². The van der Waals surface area contributed by atoms with Crippen LogP contribution >= 0.6 is 0 Å². The summed E-state index contributed by atoms with van der Waals surface area (Å²) in [5.41, 5.74) is 8.24. The molecule has 0 aromatic rings. The maximum atomic E-state index is 12.0. The molecule has 1 amide bonds. The van der Waals surface area contributed by atoms with E-state index >= 15 is 0 Å². The minimum atomic E-state index is -0.247. The van der Waals surface area contributed by atoms with Gasteiger partial charge in [-0.2, -0.15) is 0 Å². The zero-order chi connectivity index (χ0) is 13.4. The Labute approximate surface area is 108 Å². The number of amides is 1. The zero-order valence-corrected chi connectivity index (χ0v) is 11.0. The molecule has 0 saturated carbocycles. The lowest BCUT2D eigenvalue weighted by Gasteiger charge is -2.43. The van der Waals surface area contributed by atoms with Gasteiger partial charge < -0.3 is 10.6 Å². The zero-order valence-electron chi connectivity index (χ0n) is 11.0. The number of rotatable bonds is 3. The van der Waals surface area contributed by atoms with Gasteiger partial charge >= 0.3 is 0 Å². The summed E-state index contributed by atoms with van der Waals surface area (Å²) in [6, 6.07) is 0. The molecule has 1 fully saturated rings. The predicted octanol–water partition coefficient (Wildman–Crippen LogP) is 1.23. The lowest BCUT2D eigenvalue weighted by Crippen LogP contribution is -2.52. The molecular weight excluding hydrogens is 228 g/mol. The van der Waals surface area contributed by atoms with Crippen LogP contribution in [0.5, 0.6) is 0 Å². The Morgan fingerprint density at radius 1 is 1.33 bits per heavy atom. The van der Waals surface area contributed by atoms with Crippen LogP contribution in [0.4, 0.5) is 0 Å². The van der Waals surface area contributed by atoms with Gasteiger partial charge in [0.1, 0.15) is 0 Å². The lowest BCUT2D eigenvalue weighted by atomic mass is 9.81. The predicted molar refractivity (Wildman–Crippen MR) is 69.5 cm³/mol. The van der Waals surface area contributed by atoms with E-state index in [0.29, 0.717) is 19.5 Å². The topological polar surface area (TPSA) is 63.4 Å². The van der Waals surface area contributed by atoms with E-state index in [1.165, 1.54) is 0 Å². The number of carbonyl (C=O) groups excluding carboxylic acids is 2. The minimum Gasteiger partial charge on any atom is -0.373 e. The van der Waals surface area contributed by atoms with Crippen molar-refractivity contribution in [2.24, 2.45) is 17.6 Å². The molecule has 0 bridgehead atoms. The Morgan fingerprint density at radius 2 is 1.94 bits per heavy atom. The average molecular weight is 248 g/mol. The van der Waals surface area contributed by atoms with Gasteiger partial charge in [0.2, 0.25) is 5.91 Å².